The van der Waals surface area contributed by atoms with Crippen LogP contribution in [0.25, 0.3) is 0 Å². The van der Waals surface area contributed by atoms with E-state index in [1.54, 1.807) is 13.3 Å². The molecular formula is C16H26N2O. The minimum atomic E-state index is 0.443. The summed E-state index contributed by atoms with van der Waals surface area (Å²) in [5.41, 5.74) is 1.64. The molecule has 0 N–H and O–H groups in total. The van der Waals surface area contributed by atoms with Crippen molar-refractivity contribution in [2.75, 3.05) is 20.2 Å². The number of likely N-dealkylation sites (tertiary alicyclic amines) is 1. The molecule has 1 aliphatic rings. The number of rotatable bonds is 3. The van der Waals surface area contributed by atoms with E-state index >= 15 is 0 Å². The Morgan fingerprint density at radius 2 is 2.00 bits per heavy atom. The lowest BCUT2D eigenvalue weighted by atomic mass is 9.75. The van der Waals surface area contributed by atoms with Gasteiger partial charge in [0.1, 0.15) is 0 Å². The molecule has 19 heavy (non-hydrogen) atoms. The second-order valence-electron chi connectivity index (χ2n) is 6.59. The minimum absolute atomic E-state index is 0.443. The number of nitrogens with zero attached hydrogens (tertiary/aromatic N) is 2. The Hall–Kier alpha value is -1.09. The average Bonchev–Trinajstić information content (AvgIpc) is 2.39. The van der Waals surface area contributed by atoms with Crippen molar-refractivity contribution >= 4 is 0 Å². The summed E-state index contributed by atoms with van der Waals surface area (Å²) in [5, 5.41) is 0. The molecule has 0 bridgehead atoms. The molecule has 3 heteroatoms. The zero-order valence-electron chi connectivity index (χ0n) is 12.6. The van der Waals surface area contributed by atoms with E-state index in [2.05, 4.69) is 36.7 Å². The van der Waals surface area contributed by atoms with E-state index in [-0.39, 0.29) is 0 Å². The van der Waals surface area contributed by atoms with Crippen LogP contribution in [-0.2, 0) is 6.54 Å². The fourth-order valence-electron chi connectivity index (χ4n) is 2.93. The van der Waals surface area contributed by atoms with Gasteiger partial charge in [-0.05, 0) is 43.3 Å². The summed E-state index contributed by atoms with van der Waals surface area (Å²) in [4.78, 5) is 6.78. The van der Waals surface area contributed by atoms with Gasteiger partial charge in [-0.15, -0.1) is 0 Å². The first-order valence-electron chi connectivity index (χ1n) is 7.21. The van der Waals surface area contributed by atoms with E-state index in [0.29, 0.717) is 5.41 Å². The number of hydrogen-bond donors (Lipinski definition) is 0. The summed E-state index contributed by atoms with van der Waals surface area (Å²) in [5.74, 6) is 1.61. The van der Waals surface area contributed by atoms with Gasteiger partial charge < -0.3 is 4.74 Å². The number of methoxy groups -OCH3 is 1. The maximum atomic E-state index is 5.32. The second-order valence-corrected chi connectivity index (χ2v) is 6.59. The van der Waals surface area contributed by atoms with Gasteiger partial charge in [0, 0.05) is 18.3 Å². The zero-order valence-corrected chi connectivity index (χ0v) is 12.6. The Morgan fingerprint density at radius 1 is 1.32 bits per heavy atom. The largest absolute Gasteiger partial charge is 0.481 e. The van der Waals surface area contributed by atoms with Crippen LogP contribution in [0.5, 0.6) is 5.88 Å². The van der Waals surface area contributed by atoms with Gasteiger partial charge in [-0.3, -0.25) is 4.90 Å². The number of pyridine rings is 1. The molecule has 2 heterocycles. The predicted molar refractivity (Wildman–Crippen MR) is 78.2 cm³/mol. The molecular weight excluding hydrogens is 236 g/mol. The van der Waals surface area contributed by atoms with E-state index < -0.39 is 0 Å². The summed E-state index contributed by atoms with van der Waals surface area (Å²) in [6.45, 7) is 10.4. The number of aromatic nitrogens is 1. The molecule has 0 spiro atoms. The lowest BCUT2D eigenvalue weighted by molar-refractivity contribution is 0.107. The quantitative estimate of drug-likeness (QED) is 0.835. The smallest absolute Gasteiger partial charge is 0.217 e. The number of ether oxygens (including phenoxy) is 1. The van der Waals surface area contributed by atoms with Crippen LogP contribution in [0.1, 0.15) is 39.2 Å². The number of piperidine rings is 1. The normalized spacial score (nSPS) is 18.5. The summed E-state index contributed by atoms with van der Waals surface area (Å²) < 4.78 is 5.32. The number of hydrogen-bond acceptors (Lipinski definition) is 3. The lowest BCUT2D eigenvalue weighted by Gasteiger charge is -2.38. The molecule has 1 aliphatic heterocycles. The van der Waals surface area contributed by atoms with Gasteiger partial charge in [-0.25, -0.2) is 4.98 Å². The SMILES string of the molecule is COc1ncccc1CN1CCC(C(C)(C)C)CC1. The Kier molecular flexibility index (Phi) is 4.46. The minimum Gasteiger partial charge on any atom is -0.481 e. The highest BCUT2D eigenvalue weighted by molar-refractivity contribution is 5.25. The molecule has 1 saturated heterocycles. The van der Waals surface area contributed by atoms with Crippen LogP contribution < -0.4 is 4.74 Å². The Labute approximate surface area is 117 Å². The van der Waals surface area contributed by atoms with Crippen molar-refractivity contribution < 1.29 is 4.74 Å². The molecule has 0 aromatic carbocycles. The molecule has 2 rings (SSSR count). The fourth-order valence-corrected chi connectivity index (χ4v) is 2.93. The van der Waals surface area contributed by atoms with Gasteiger partial charge in [0.2, 0.25) is 5.88 Å². The van der Waals surface area contributed by atoms with Crippen LogP contribution in [0, 0.1) is 11.3 Å². The van der Waals surface area contributed by atoms with Gasteiger partial charge in [-0.2, -0.15) is 0 Å². The van der Waals surface area contributed by atoms with Crippen molar-refractivity contribution in [3.63, 3.8) is 0 Å². The van der Waals surface area contributed by atoms with E-state index in [0.717, 1.165) is 18.3 Å². The van der Waals surface area contributed by atoms with Crippen molar-refractivity contribution in [2.24, 2.45) is 11.3 Å². The second kappa shape index (κ2) is 5.91. The molecule has 3 nitrogen and oxygen atoms in total. The first kappa shape index (κ1) is 14.3. The van der Waals surface area contributed by atoms with Crippen molar-refractivity contribution in [3.8, 4) is 5.88 Å². The van der Waals surface area contributed by atoms with Gasteiger partial charge in [0.15, 0.2) is 0 Å². The highest BCUT2D eigenvalue weighted by Gasteiger charge is 2.28. The molecule has 1 fully saturated rings. The highest BCUT2D eigenvalue weighted by Crippen LogP contribution is 2.34. The molecule has 0 saturated carbocycles. The van der Waals surface area contributed by atoms with Crippen LogP contribution >= 0.6 is 0 Å². The first-order chi connectivity index (χ1) is 9.00. The Balaban J connectivity index is 1.92. The summed E-state index contributed by atoms with van der Waals surface area (Å²) in [6.07, 6.45) is 4.38. The van der Waals surface area contributed by atoms with Gasteiger partial charge in [0.05, 0.1) is 7.11 Å². The predicted octanol–water partition coefficient (Wildman–Crippen LogP) is 3.35. The van der Waals surface area contributed by atoms with Crippen molar-refractivity contribution in [1.82, 2.24) is 9.88 Å². The maximum absolute atomic E-state index is 5.32. The molecule has 0 radical (unpaired) electrons. The van der Waals surface area contributed by atoms with Crippen molar-refractivity contribution in [1.29, 1.82) is 0 Å². The molecule has 106 valence electrons. The van der Waals surface area contributed by atoms with E-state index in [9.17, 15) is 0 Å². The van der Waals surface area contributed by atoms with Gasteiger partial charge in [-0.1, -0.05) is 26.8 Å². The van der Waals surface area contributed by atoms with Crippen LogP contribution in [0.2, 0.25) is 0 Å². The van der Waals surface area contributed by atoms with Crippen LogP contribution in [-0.4, -0.2) is 30.1 Å². The summed E-state index contributed by atoms with van der Waals surface area (Å²) >= 11 is 0. The van der Waals surface area contributed by atoms with E-state index in [1.165, 1.54) is 31.5 Å². The zero-order chi connectivity index (χ0) is 13.9. The van der Waals surface area contributed by atoms with Crippen LogP contribution in [0.4, 0.5) is 0 Å². The third-order valence-electron chi connectivity index (χ3n) is 4.25. The first-order valence-corrected chi connectivity index (χ1v) is 7.21. The fraction of sp³-hybridized carbons (Fsp3) is 0.688. The monoisotopic (exact) mass is 262 g/mol. The molecule has 0 amide bonds. The maximum Gasteiger partial charge on any atom is 0.217 e. The molecule has 0 aliphatic carbocycles. The van der Waals surface area contributed by atoms with Gasteiger partial charge >= 0.3 is 0 Å². The van der Waals surface area contributed by atoms with Crippen LogP contribution in [0.3, 0.4) is 0 Å². The molecule has 1 aromatic heterocycles. The standard InChI is InChI=1S/C16H26N2O/c1-16(2,3)14-7-10-18(11-8-14)12-13-6-5-9-17-15(13)19-4/h5-6,9,14H,7-8,10-12H2,1-4H3. The van der Waals surface area contributed by atoms with Crippen molar-refractivity contribution in [2.45, 2.75) is 40.2 Å². The van der Waals surface area contributed by atoms with Crippen molar-refractivity contribution in [3.05, 3.63) is 23.9 Å². The highest BCUT2D eigenvalue weighted by atomic mass is 16.5. The summed E-state index contributed by atoms with van der Waals surface area (Å²) in [7, 11) is 1.69. The topological polar surface area (TPSA) is 25.4 Å². The molecule has 0 atom stereocenters. The summed E-state index contributed by atoms with van der Waals surface area (Å²) in [6, 6.07) is 4.10. The van der Waals surface area contributed by atoms with Crippen LogP contribution in [0.15, 0.2) is 18.3 Å². The molecule has 0 unspecified atom stereocenters. The van der Waals surface area contributed by atoms with E-state index in [1.807, 2.05) is 6.07 Å². The Bertz CT molecular complexity index is 403. The lowest BCUT2D eigenvalue weighted by Crippen LogP contribution is -2.37. The van der Waals surface area contributed by atoms with Gasteiger partial charge in [0.25, 0.3) is 0 Å². The third-order valence-corrected chi connectivity index (χ3v) is 4.25. The Morgan fingerprint density at radius 3 is 2.58 bits per heavy atom. The van der Waals surface area contributed by atoms with E-state index in [4.69, 9.17) is 4.74 Å². The molecule has 1 aromatic rings. The average molecular weight is 262 g/mol. The third kappa shape index (κ3) is 3.69.